The van der Waals surface area contributed by atoms with Crippen LogP contribution in [0, 0.1) is 0 Å². The molecule has 0 aliphatic heterocycles. The number of amides is 1. The van der Waals surface area contributed by atoms with Gasteiger partial charge in [0, 0.05) is 0 Å². The Kier molecular flexibility index (Phi) is 36.2. The highest BCUT2D eigenvalue weighted by Gasteiger charge is 2.27. The summed E-state index contributed by atoms with van der Waals surface area (Å²) in [6.45, 7) is 4.52. The van der Waals surface area contributed by atoms with E-state index in [1.807, 2.05) is 0 Å². The van der Waals surface area contributed by atoms with E-state index < -0.39 is 40.0 Å². The summed E-state index contributed by atoms with van der Waals surface area (Å²) >= 11 is 0. The molecule has 8 heteroatoms. The van der Waals surface area contributed by atoms with Crippen molar-refractivity contribution >= 4 is 16.0 Å². The number of hydrogen-bond donors (Lipinski definition) is 4. The minimum absolute atomic E-state index is 0.278. The van der Waals surface area contributed by atoms with Gasteiger partial charge in [0.1, 0.15) is 6.10 Å². The molecule has 0 saturated heterocycles. The van der Waals surface area contributed by atoms with Crippen molar-refractivity contribution in [2.75, 3.05) is 5.75 Å². The summed E-state index contributed by atoms with van der Waals surface area (Å²) in [4.78, 5) is 12.6. The fourth-order valence-corrected chi connectivity index (χ4v) is 7.38. The molecule has 0 aromatic carbocycles. The van der Waals surface area contributed by atoms with Crippen LogP contribution in [0.5, 0.6) is 0 Å². The summed E-state index contributed by atoms with van der Waals surface area (Å²) in [6.07, 6.45) is 43.8. The van der Waals surface area contributed by atoms with Crippen molar-refractivity contribution in [3.8, 4) is 0 Å². The highest BCUT2D eigenvalue weighted by molar-refractivity contribution is 7.85. The number of nitrogens with one attached hydrogen (secondary N) is 1. The van der Waals surface area contributed by atoms with Crippen LogP contribution in [0.2, 0.25) is 0 Å². The zero-order chi connectivity index (χ0) is 37.7. The standard InChI is InChI=1S/C43H83NO6S/c1-3-5-7-9-11-13-15-17-19-21-22-24-26-28-30-32-34-36-38-42(46)43(47)44-40(39-51(48,49)50)41(45)37-35-33-31-29-27-25-23-20-18-16-14-12-10-8-6-4-2/h27,29,35,37,40-42,45-46H,3-26,28,30-34,36,38-39H2,1-2H3,(H,44,47)(H,48,49,50)/b29-27+,37-35+. The molecule has 3 atom stereocenters. The van der Waals surface area contributed by atoms with Crippen molar-refractivity contribution in [2.45, 2.75) is 238 Å². The van der Waals surface area contributed by atoms with Crippen molar-refractivity contribution in [1.29, 1.82) is 0 Å². The molecule has 302 valence electrons. The van der Waals surface area contributed by atoms with E-state index in [1.54, 1.807) is 6.08 Å². The third-order valence-corrected chi connectivity index (χ3v) is 10.8. The second-order valence-electron chi connectivity index (χ2n) is 15.1. The van der Waals surface area contributed by atoms with E-state index in [4.69, 9.17) is 0 Å². The van der Waals surface area contributed by atoms with Crippen molar-refractivity contribution < 1.29 is 28.0 Å². The molecule has 0 aliphatic rings. The Morgan fingerprint density at radius 3 is 1.29 bits per heavy atom. The molecule has 0 rings (SSSR count). The second kappa shape index (κ2) is 37.1. The number of allylic oxidation sites excluding steroid dienone is 3. The highest BCUT2D eigenvalue weighted by Crippen LogP contribution is 2.16. The van der Waals surface area contributed by atoms with Crippen LogP contribution >= 0.6 is 0 Å². The minimum Gasteiger partial charge on any atom is -0.387 e. The molecule has 0 saturated carbocycles. The van der Waals surface area contributed by atoms with Gasteiger partial charge in [-0.1, -0.05) is 212 Å². The Balaban J connectivity index is 4.02. The van der Waals surface area contributed by atoms with Gasteiger partial charge in [-0.3, -0.25) is 9.35 Å². The predicted molar refractivity (Wildman–Crippen MR) is 218 cm³/mol. The molecule has 4 N–H and O–H groups in total. The highest BCUT2D eigenvalue weighted by atomic mass is 32.2. The molecular formula is C43H83NO6S. The maximum atomic E-state index is 12.6. The molecule has 0 heterocycles. The summed E-state index contributed by atoms with van der Waals surface area (Å²) < 4.78 is 32.5. The van der Waals surface area contributed by atoms with E-state index in [-0.39, 0.29) is 6.42 Å². The van der Waals surface area contributed by atoms with Crippen molar-refractivity contribution in [2.24, 2.45) is 0 Å². The average Bonchev–Trinajstić information content (AvgIpc) is 3.09. The van der Waals surface area contributed by atoms with Gasteiger partial charge in [0.25, 0.3) is 10.1 Å². The van der Waals surface area contributed by atoms with E-state index in [0.29, 0.717) is 12.8 Å². The summed E-state index contributed by atoms with van der Waals surface area (Å²) in [5, 5.41) is 23.4. The molecule has 0 fully saturated rings. The van der Waals surface area contributed by atoms with Crippen LogP contribution in [-0.4, -0.2) is 53.1 Å². The van der Waals surface area contributed by atoms with Gasteiger partial charge in [-0.2, -0.15) is 8.42 Å². The maximum absolute atomic E-state index is 12.6. The zero-order valence-corrected chi connectivity index (χ0v) is 34.2. The third kappa shape index (κ3) is 36.9. The molecule has 0 aromatic rings. The third-order valence-electron chi connectivity index (χ3n) is 9.99. The fraction of sp³-hybridized carbons (Fsp3) is 0.884. The first-order chi connectivity index (χ1) is 24.7. The Morgan fingerprint density at radius 2 is 0.882 bits per heavy atom. The Morgan fingerprint density at radius 1 is 0.529 bits per heavy atom. The summed E-state index contributed by atoms with van der Waals surface area (Å²) in [6, 6.07) is -1.24. The van der Waals surface area contributed by atoms with Gasteiger partial charge in [0.15, 0.2) is 0 Å². The SMILES string of the molecule is CCCCCCCCCCCC/C=C/CC/C=C/C(O)C(CS(=O)(=O)O)NC(=O)C(O)CCCCCCCCCCCCCCCCCCCC. The molecule has 51 heavy (non-hydrogen) atoms. The Labute approximate surface area is 316 Å². The first kappa shape index (κ1) is 49.8. The molecule has 0 aromatic heterocycles. The quantitative estimate of drug-likeness (QED) is 0.0282. The lowest BCUT2D eigenvalue weighted by molar-refractivity contribution is -0.130. The van der Waals surface area contributed by atoms with Gasteiger partial charge < -0.3 is 15.5 Å². The van der Waals surface area contributed by atoms with Crippen LogP contribution < -0.4 is 5.32 Å². The first-order valence-corrected chi connectivity index (χ1v) is 23.3. The van der Waals surface area contributed by atoms with E-state index in [1.165, 1.54) is 160 Å². The molecular weight excluding hydrogens is 659 g/mol. The summed E-state index contributed by atoms with van der Waals surface area (Å²) in [5.41, 5.74) is 0. The molecule has 1 amide bonds. The number of carbonyl (C=O) groups excluding carboxylic acids is 1. The minimum atomic E-state index is -4.45. The lowest BCUT2D eigenvalue weighted by Gasteiger charge is -2.22. The van der Waals surface area contributed by atoms with Gasteiger partial charge in [0.2, 0.25) is 5.91 Å². The maximum Gasteiger partial charge on any atom is 0.267 e. The molecule has 0 radical (unpaired) electrons. The first-order valence-electron chi connectivity index (χ1n) is 21.6. The van der Waals surface area contributed by atoms with Crippen LogP contribution in [0.3, 0.4) is 0 Å². The van der Waals surface area contributed by atoms with E-state index >= 15 is 0 Å². The molecule has 7 nitrogen and oxygen atoms in total. The predicted octanol–water partition coefficient (Wildman–Crippen LogP) is 11.7. The van der Waals surface area contributed by atoms with Gasteiger partial charge >= 0.3 is 0 Å². The molecule has 3 unspecified atom stereocenters. The molecule has 0 bridgehead atoms. The van der Waals surface area contributed by atoms with Gasteiger partial charge in [-0.25, -0.2) is 0 Å². The Hall–Kier alpha value is -1.22. The smallest absolute Gasteiger partial charge is 0.267 e. The largest absolute Gasteiger partial charge is 0.387 e. The number of unbranched alkanes of at least 4 members (excludes halogenated alkanes) is 28. The number of aliphatic hydroxyl groups excluding tert-OH is 2. The van der Waals surface area contributed by atoms with E-state index in [2.05, 4.69) is 31.3 Å². The topological polar surface area (TPSA) is 124 Å². The van der Waals surface area contributed by atoms with Crippen molar-refractivity contribution in [3.63, 3.8) is 0 Å². The monoisotopic (exact) mass is 742 g/mol. The van der Waals surface area contributed by atoms with Gasteiger partial charge in [0.05, 0.1) is 17.9 Å². The van der Waals surface area contributed by atoms with E-state index in [0.717, 1.165) is 32.1 Å². The van der Waals surface area contributed by atoms with E-state index in [9.17, 15) is 28.0 Å². The normalized spacial score (nSPS) is 14.1. The van der Waals surface area contributed by atoms with Crippen LogP contribution in [0.1, 0.15) is 219 Å². The van der Waals surface area contributed by atoms with Crippen molar-refractivity contribution in [3.05, 3.63) is 24.3 Å². The van der Waals surface area contributed by atoms with Crippen LogP contribution in [0.4, 0.5) is 0 Å². The Bertz CT molecular complexity index is 921. The molecule has 0 spiro atoms. The number of carbonyl (C=O) groups is 1. The number of hydrogen-bond acceptors (Lipinski definition) is 5. The molecule has 0 aliphatic carbocycles. The van der Waals surface area contributed by atoms with Crippen LogP contribution in [0.25, 0.3) is 0 Å². The van der Waals surface area contributed by atoms with Crippen LogP contribution in [0.15, 0.2) is 24.3 Å². The van der Waals surface area contributed by atoms with Gasteiger partial charge in [-0.05, 0) is 32.1 Å². The fourth-order valence-electron chi connectivity index (χ4n) is 6.65. The zero-order valence-electron chi connectivity index (χ0n) is 33.4. The second-order valence-corrected chi connectivity index (χ2v) is 16.6. The van der Waals surface area contributed by atoms with Crippen LogP contribution in [-0.2, 0) is 14.9 Å². The lowest BCUT2D eigenvalue weighted by atomic mass is 10.0. The lowest BCUT2D eigenvalue weighted by Crippen LogP contribution is -2.50. The summed E-state index contributed by atoms with van der Waals surface area (Å²) in [7, 11) is -4.45. The number of rotatable bonds is 39. The average molecular weight is 742 g/mol. The number of aliphatic hydroxyl groups is 2. The van der Waals surface area contributed by atoms with Gasteiger partial charge in [-0.15, -0.1) is 0 Å². The van der Waals surface area contributed by atoms with Crippen molar-refractivity contribution in [1.82, 2.24) is 5.32 Å². The summed E-state index contributed by atoms with van der Waals surface area (Å²) in [5.74, 6) is -1.55.